The number of hydrogen-bond donors (Lipinski definition) is 0. The lowest BCUT2D eigenvalue weighted by Crippen LogP contribution is -2.48. The van der Waals surface area contributed by atoms with E-state index >= 15 is 0 Å². The summed E-state index contributed by atoms with van der Waals surface area (Å²) in [5.74, 6) is -0.0752. The fourth-order valence-electron chi connectivity index (χ4n) is 3.68. The van der Waals surface area contributed by atoms with Crippen LogP contribution in [0.3, 0.4) is 0 Å². The van der Waals surface area contributed by atoms with Crippen LogP contribution in [0.1, 0.15) is 32.3 Å². The van der Waals surface area contributed by atoms with Crippen LogP contribution in [-0.4, -0.2) is 43.5 Å². The van der Waals surface area contributed by atoms with Crippen LogP contribution in [0, 0.1) is 5.92 Å². The Bertz CT molecular complexity index is 702. The monoisotopic (exact) mass is 336 g/mol. The average Bonchev–Trinajstić information content (AvgIpc) is 2.90. The molecule has 0 spiro atoms. The largest absolute Gasteiger partial charge is 0.309 e. The maximum Gasteiger partial charge on any atom is 0.231 e. The van der Waals surface area contributed by atoms with E-state index in [1.54, 1.807) is 6.92 Å². The van der Waals surface area contributed by atoms with E-state index in [0.29, 0.717) is 13.1 Å². The molecule has 2 aliphatic heterocycles. The number of amides is 1. The highest BCUT2D eigenvalue weighted by Gasteiger charge is 2.38. The molecule has 23 heavy (non-hydrogen) atoms. The van der Waals surface area contributed by atoms with Gasteiger partial charge in [-0.25, -0.2) is 12.7 Å². The van der Waals surface area contributed by atoms with Gasteiger partial charge in [0.15, 0.2) is 0 Å². The van der Waals surface area contributed by atoms with Crippen LogP contribution < -0.4 is 4.90 Å². The SMILES string of the molecule is CCS(=O)(=O)N1CCCC(C(=O)N2c3ccccc3CC2C)C1. The van der Waals surface area contributed by atoms with Gasteiger partial charge in [-0.3, -0.25) is 4.79 Å². The van der Waals surface area contributed by atoms with E-state index in [4.69, 9.17) is 0 Å². The van der Waals surface area contributed by atoms with Crippen molar-refractivity contribution in [1.82, 2.24) is 4.31 Å². The summed E-state index contributed by atoms with van der Waals surface area (Å²) in [5.41, 5.74) is 2.18. The molecule has 1 amide bonds. The van der Waals surface area contributed by atoms with Crippen LogP contribution in [0.4, 0.5) is 5.69 Å². The molecule has 1 saturated heterocycles. The molecule has 2 aliphatic rings. The highest BCUT2D eigenvalue weighted by molar-refractivity contribution is 7.89. The summed E-state index contributed by atoms with van der Waals surface area (Å²) in [4.78, 5) is 14.9. The molecular weight excluding hydrogens is 312 g/mol. The van der Waals surface area contributed by atoms with Gasteiger partial charge in [0.1, 0.15) is 0 Å². The standard InChI is InChI=1S/C17H24N2O3S/c1-3-23(21,22)18-10-6-8-15(12-18)17(20)19-13(2)11-14-7-4-5-9-16(14)19/h4-5,7,9,13,15H,3,6,8,10-12H2,1-2H3. The van der Waals surface area contributed by atoms with Gasteiger partial charge in [0.25, 0.3) is 0 Å². The highest BCUT2D eigenvalue weighted by atomic mass is 32.2. The lowest BCUT2D eigenvalue weighted by atomic mass is 9.97. The fourth-order valence-corrected chi connectivity index (χ4v) is 4.86. The van der Waals surface area contributed by atoms with Gasteiger partial charge < -0.3 is 4.90 Å². The first-order valence-corrected chi connectivity index (χ1v) is 9.93. The van der Waals surface area contributed by atoms with E-state index in [2.05, 4.69) is 13.0 Å². The number of carbonyl (C=O) groups is 1. The van der Waals surface area contributed by atoms with E-state index in [0.717, 1.165) is 24.9 Å². The summed E-state index contributed by atoms with van der Waals surface area (Å²) in [5, 5.41) is 0. The summed E-state index contributed by atoms with van der Waals surface area (Å²) in [6, 6.07) is 8.13. The number of rotatable bonds is 3. The Hall–Kier alpha value is -1.40. The summed E-state index contributed by atoms with van der Waals surface area (Å²) >= 11 is 0. The van der Waals surface area contributed by atoms with Crippen LogP contribution in [0.25, 0.3) is 0 Å². The van der Waals surface area contributed by atoms with Crippen molar-refractivity contribution in [3.05, 3.63) is 29.8 Å². The number of carbonyl (C=O) groups excluding carboxylic acids is 1. The second kappa shape index (κ2) is 6.24. The van der Waals surface area contributed by atoms with Crippen LogP contribution >= 0.6 is 0 Å². The van der Waals surface area contributed by atoms with Gasteiger partial charge in [-0.05, 0) is 44.7 Å². The molecule has 1 fully saturated rings. The van der Waals surface area contributed by atoms with Gasteiger partial charge in [-0.1, -0.05) is 18.2 Å². The second-order valence-electron chi connectivity index (χ2n) is 6.49. The van der Waals surface area contributed by atoms with Gasteiger partial charge in [-0.2, -0.15) is 0 Å². The molecule has 0 bridgehead atoms. The smallest absolute Gasteiger partial charge is 0.231 e. The van der Waals surface area contributed by atoms with Gasteiger partial charge in [-0.15, -0.1) is 0 Å². The third kappa shape index (κ3) is 3.02. The topological polar surface area (TPSA) is 57.7 Å². The average molecular weight is 336 g/mol. The predicted molar refractivity (Wildman–Crippen MR) is 90.9 cm³/mol. The molecule has 5 nitrogen and oxygen atoms in total. The molecule has 0 N–H and O–H groups in total. The van der Waals surface area contributed by atoms with Crippen molar-refractivity contribution in [3.63, 3.8) is 0 Å². The molecule has 1 aromatic rings. The van der Waals surface area contributed by atoms with Crippen molar-refractivity contribution in [1.29, 1.82) is 0 Å². The van der Waals surface area contributed by atoms with Crippen molar-refractivity contribution in [2.75, 3.05) is 23.7 Å². The number of anilines is 1. The number of benzene rings is 1. The normalized spacial score (nSPS) is 25.4. The zero-order valence-corrected chi connectivity index (χ0v) is 14.6. The van der Waals surface area contributed by atoms with Gasteiger partial charge in [0.2, 0.25) is 15.9 Å². The first kappa shape index (κ1) is 16.5. The van der Waals surface area contributed by atoms with Crippen LogP contribution in [0.5, 0.6) is 0 Å². The van der Waals surface area contributed by atoms with E-state index in [1.807, 2.05) is 23.1 Å². The third-order valence-corrected chi connectivity index (χ3v) is 6.78. The van der Waals surface area contributed by atoms with Crippen molar-refractivity contribution in [2.24, 2.45) is 5.92 Å². The lowest BCUT2D eigenvalue weighted by molar-refractivity contribution is -0.123. The second-order valence-corrected chi connectivity index (χ2v) is 8.75. The molecule has 2 heterocycles. The molecular formula is C17H24N2O3S. The Morgan fingerprint density at radius 2 is 2.04 bits per heavy atom. The van der Waals surface area contributed by atoms with Crippen molar-refractivity contribution in [2.45, 2.75) is 39.2 Å². The summed E-state index contributed by atoms with van der Waals surface area (Å²) in [7, 11) is -3.22. The van der Waals surface area contributed by atoms with E-state index in [1.165, 1.54) is 9.87 Å². The predicted octanol–water partition coefficient (Wildman–Crippen LogP) is 2.03. The molecule has 1 aromatic carbocycles. The van der Waals surface area contributed by atoms with Crippen LogP contribution in [0.2, 0.25) is 0 Å². The van der Waals surface area contributed by atoms with Crippen molar-refractivity contribution < 1.29 is 13.2 Å². The minimum absolute atomic E-state index is 0.0680. The third-order valence-electron chi connectivity index (χ3n) is 4.94. The van der Waals surface area contributed by atoms with Gasteiger partial charge in [0, 0.05) is 24.8 Å². The Morgan fingerprint density at radius 3 is 2.78 bits per heavy atom. The molecule has 3 rings (SSSR count). The molecule has 0 aromatic heterocycles. The number of nitrogens with zero attached hydrogens (tertiary/aromatic N) is 2. The Labute approximate surface area is 138 Å². The lowest BCUT2D eigenvalue weighted by Gasteiger charge is -2.34. The van der Waals surface area contributed by atoms with E-state index in [-0.39, 0.29) is 23.6 Å². The quantitative estimate of drug-likeness (QED) is 0.848. The number of hydrogen-bond acceptors (Lipinski definition) is 3. The molecule has 0 radical (unpaired) electrons. The molecule has 2 atom stereocenters. The highest BCUT2D eigenvalue weighted by Crippen LogP contribution is 2.34. The molecule has 0 aliphatic carbocycles. The van der Waals surface area contributed by atoms with Crippen molar-refractivity contribution >= 4 is 21.6 Å². The van der Waals surface area contributed by atoms with E-state index < -0.39 is 10.0 Å². The summed E-state index contributed by atoms with van der Waals surface area (Å²) in [6.07, 6.45) is 2.38. The zero-order valence-electron chi connectivity index (χ0n) is 13.7. The molecule has 126 valence electrons. The molecule has 0 saturated carbocycles. The van der Waals surface area contributed by atoms with Crippen LogP contribution in [-0.2, 0) is 21.2 Å². The summed E-state index contributed by atoms with van der Waals surface area (Å²) < 4.78 is 25.7. The van der Waals surface area contributed by atoms with Crippen LogP contribution in [0.15, 0.2) is 24.3 Å². The fraction of sp³-hybridized carbons (Fsp3) is 0.588. The Balaban J connectivity index is 1.81. The van der Waals surface area contributed by atoms with Crippen molar-refractivity contribution in [3.8, 4) is 0 Å². The first-order chi connectivity index (χ1) is 10.9. The first-order valence-electron chi connectivity index (χ1n) is 8.33. The number of sulfonamides is 1. The maximum absolute atomic E-state index is 13.0. The van der Waals surface area contributed by atoms with Gasteiger partial charge in [0.05, 0.1) is 11.7 Å². The Morgan fingerprint density at radius 1 is 1.30 bits per heavy atom. The van der Waals surface area contributed by atoms with Gasteiger partial charge >= 0.3 is 0 Å². The number of fused-ring (bicyclic) bond motifs is 1. The van der Waals surface area contributed by atoms with E-state index in [9.17, 15) is 13.2 Å². The summed E-state index contributed by atoms with van der Waals surface area (Å²) in [6.45, 7) is 4.56. The number of para-hydroxylation sites is 1. The minimum Gasteiger partial charge on any atom is -0.309 e. The molecule has 2 unspecified atom stereocenters. The molecule has 6 heteroatoms. The Kier molecular flexibility index (Phi) is 4.47. The minimum atomic E-state index is -3.22. The maximum atomic E-state index is 13.0. The number of piperidine rings is 1. The zero-order chi connectivity index (χ0) is 16.6.